The number of benzene rings is 3. The molecule has 0 bridgehead atoms. The van der Waals surface area contributed by atoms with Crippen molar-refractivity contribution in [3.8, 4) is 16.9 Å². The van der Waals surface area contributed by atoms with Crippen LogP contribution < -0.4 is 9.54 Å². The molecule has 4 aromatic rings. The second-order valence-electron chi connectivity index (χ2n) is 6.72. The SMILES string of the molecule is COc1ccc2c(c1)sc(=NC(=O)c1ccc(-c3ccccc3)cc1)n2CCSC. The van der Waals surface area contributed by atoms with Gasteiger partial charge in [-0.2, -0.15) is 16.8 Å². The maximum atomic E-state index is 12.9. The van der Waals surface area contributed by atoms with Gasteiger partial charge in [-0.3, -0.25) is 4.79 Å². The zero-order valence-corrected chi connectivity index (χ0v) is 18.5. The number of hydrogen-bond donors (Lipinski definition) is 0. The van der Waals surface area contributed by atoms with Crippen LogP contribution in [-0.2, 0) is 6.54 Å². The molecule has 0 saturated heterocycles. The number of thioether (sulfide) groups is 1. The standard InChI is InChI=1S/C24H22N2O2S2/c1-28-20-12-13-21-22(16-20)30-24(26(21)14-15-29-2)25-23(27)19-10-8-18(9-11-19)17-6-4-3-5-7-17/h3-13,16H,14-15H2,1-2H3. The van der Waals surface area contributed by atoms with Crippen molar-refractivity contribution in [1.29, 1.82) is 0 Å². The van der Waals surface area contributed by atoms with Gasteiger partial charge in [0, 0.05) is 17.9 Å². The number of carbonyl (C=O) groups is 1. The number of methoxy groups -OCH3 is 1. The van der Waals surface area contributed by atoms with Gasteiger partial charge in [0.05, 0.1) is 17.3 Å². The lowest BCUT2D eigenvalue weighted by Gasteiger charge is -2.05. The molecule has 0 N–H and O–H groups in total. The van der Waals surface area contributed by atoms with E-state index in [1.54, 1.807) is 18.9 Å². The Morgan fingerprint density at radius 1 is 1.03 bits per heavy atom. The van der Waals surface area contributed by atoms with Crippen LogP contribution in [0.5, 0.6) is 5.75 Å². The zero-order valence-electron chi connectivity index (χ0n) is 16.9. The van der Waals surface area contributed by atoms with E-state index in [0.29, 0.717) is 10.4 Å². The average Bonchev–Trinajstić information content (AvgIpc) is 3.14. The second kappa shape index (κ2) is 9.32. The molecule has 152 valence electrons. The maximum Gasteiger partial charge on any atom is 0.279 e. The molecule has 0 fully saturated rings. The molecular weight excluding hydrogens is 412 g/mol. The van der Waals surface area contributed by atoms with Crippen molar-refractivity contribution < 1.29 is 9.53 Å². The molecule has 0 aliphatic rings. The summed E-state index contributed by atoms with van der Waals surface area (Å²) in [6.07, 6.45) is 2.08. The molecular formula is C24H22N2O2S2. The number of hydrogen-bond acceptors (Lipinski definition) is 4. The van der Waals surface area contributed by atoms with Crippen LogP contribution in [0.3, 0.4) is 0 Å². The van der Waals surface area contributed by atoms with Crippen molar-refractivity contribution in [1.82, 2.24) is 4.57 Å². The molecule has 1 amide bonds. The normalized spacial score (nSPS) is 11.7. The number of fused-ring (bicyclic) bond motifs is 1. The van der Waals surface area contributed by atoms with E-state index >= 15 is 0 Å². The van der Waals surface area contributed by atoms with Crippen LogP contribution in [0.4, 0.5) is 0 Å². The summed E-state index contributed by atoms with van der Waals surface area (Å²) in [6, 6.07) is 23.7. The monoisotopic (exact) mass is 434 g/mol. The summed E-state index contributed by atoms with van der Waals surface area (Å²) in [4.78, 5) is 18.1. The summed E-state index contributed by atoms with van der Waals surface area (Å²) in [5, 5.41) is 0. The van der Waals surface area contributed by atoms with Gasteiger partial charge in [-0.1, -0.05) is 53.8 Å². The molecule has 0 unspecified atom stereocenters. The van der Waals surface area contributed by atoms with Gasteiger partial charge in [0.1, 0.15) is 5.75 Å². The Bertz CT molecular complexity index is 1230. The summed E-state index contributed by atoms with van der Waals surface area (Å²) >= 11 is 3.29. The van der Waals surface area contributed by atoms with Gasteiger partial charge >= 0.3 is 0 Å². The quantitative estimate of drug-likeness (QED) is 0.403. The number of nitrogens with zero attached hydrogens (tertiary/aromatic N) is 2. The van der Waals surface area contributed by atoms with Gasteiger partial charge in [0.25, 0.3) is 5.91 Å². The second-order valence-corrected chi connectivity index (χ2v) is 8.72. The summed E-state index contributed by atoms with van der Waals surface area (Å²) in [5.74, 6) is 1.52. The van der Waals surface area contributed by atoms with Crippen LogP contribution in [0.2, 0.25) is 0 Å². The van der Waals surface area contributed by atoms with E-state index < -0.39 is 0 Å². The first-order valence-corrected chi connectivity index (χ1v) is 11.8. The maximum absolute atomic E-state index is 12.9. The number of ether oxygens (including phenoxy) is 1. The number of aromatic nitrogens is 1. The number of amides is 1. The van der Waals surface area contributed by atoms with Gasteiger partial charge < -0.3 is 9.30 Å². The number of rotatable bonds is 6. The highest BCUT2D eigenvalue weighted by Gasteiger charge is 2.10. The molecule has 0 saturated carbocycles. The molecule has 1 heterocycles. The van der Waals surface area contributed by atoms with Crippen molar-refractivity contribution in [2.45, 2.75) is 6.54 Å². The van der Waals surface area contributed by atoms with Gasteiger partial charge in [-0.25, -0.2) is 0 Å². The molecule has 6 heteroatoms. The highest BCUT2D eigenvalue weighted by atomic mass is 32.2. The Morgan fingerprint density at radius 3 is 2.47 bits per heavy atom. The first kappa shape index (κ1) is 20.4. The highest BCUT2D eigenvalue weighted by molar-refractivity contribution is 7.98. The fourth-order valence-corrected chi connectivity index (χ4v) is 4.70. The smallest absolute Gasteiger partial charge is 0.279 e. The Hall–Kier alpha value is -2.83. The lowest BCUT2D eigenvalue weighted by Crippen LogP contribution is -2.18. The number of aryl methyl sites for hydroxylation is 1. The van der Waals surface area contributed by atoms with E-state index in [0.717, 1.165) is 39.4 Å². The van der Waals surface area contributed by atoms with E-state index in [4.69, 9.17) is 4.74 Å². The lowest BCUT2D eigenvalue weighted by molar-refractivity contribution is 0.0998. The lowest BCUT2D eigenvalue weighted by atomic mass is 10.0. The van der Waals surface area contributed by atoms with Crippen LogP contribution in [0.15, 0.2) is 77.8 Å². The zero-order chi connectivity index (χ0) is 20.9. The van der Waals surface area contributed by atoms with E-state index in [-0.39, 0.29) is 5.91 Å². The molecule has 0 aliphatic carbocycles. The summed E-state index contributed by atoms with van der Waals surface area (Å²) in [5.41, 5.74) is 3.86. The van der Waals surface area contributed by atoms with E-state index in [1.807, 2.05) is 60.7 Å². The van der Waals surface area contributed by atoms with Crippen molar-refractivity contribution >= 4 is 39.2 Å². The average molecular weight is 435 g/mol. The fraction of sp³-hybridized carbons (Fsp3) is 0.167. The first-order valence-electron chi connectivity index (χ1n) is 9.60. The van der Waals surface area contributed by atoms with Crippen molar-refractivity contribution in [2.24, 2.45) is 4.99 Å². The third-order valence-corrected chi connectivity index (χ3v) is 6.48. The number of carbonyl (C=O) groups excluding carboxylic acids is 1. The molecule has 0 spiro atoms. The predicted molar refractivity (Wildman–Crippen MR) is 127 cm³/mol. The van der Waals surface area contributed by atoms with Gasteiger partial charge in [0.15, 0.2) is 4.80 Å². The summed E-state index contributed by atoms with van der Waals surface area (Å²) < 4.78 is 8.52. The Labute approximate surface area is 183 Å². The van der Waals surface area contributed by atoms with Crippen LogP contribution in [0.25, 0.3) is 21.3 Å². The van der Waals surface area contributed by atoms with Crippen molar-refractivity contribution in [3.05, 3.63) is 83.2 Å². The van der Waals surface area contributed by atoms with Gasteiger partial charge in [-0.15, -0.1) is 0 Å². The molecule has 30 heavy (non-hydrogen) atoms. The Kier molecular flexibility index (Phi) is 6.35. The molecule has 0 aliphatic heterocycles. The minimum Gasteiger partial charge on any atom is -0.497 e. The summed E-state index contributed by atoms with van der Waals surface area (Å²) in [7, 11) is 1.66. The van der Waals surface area contributed by atoms with E-state index in [9.17, 15) is 4.79 Å². The van der Waals surface area contributed by atoms with Crippen molar-refractivity contribution in [2.75, 3.05) is 19.1 Å². The molecule has 0 atom stereocenters. The number of thiazole rings is 1. The minimum absolute atomic E-state index is 0.231. The van der Waals surface area contributed by atoms with Gasteiger partial charge in [0.2, 0.25) is 0 Å². The van der Waals surface area contributed by atoms with Crippen LogP contribution >= 0.6 is 23.1 Å². The third-order valence-electron chi connectivity index (χ3n) is 4.85. The van der Waals surface area contributed by atoms with E-state index in [2.05, 4.69) is 27.9 Å². The van der Waals surface area contributed by atoms with Gasteiger partial charge in [-0.05, 0) is 47.7 Å². The topological polar surface area (TPSA) is 43.6 Å². The Morgan fingerprint density at radius 2 is 1.77 bits per heavy atom. The summed E-state index contributed by atoms with van der Waals surface area (Å²) in [6.45, 7) is 0.798. The van der Waals surface area contributed by atoms with Crippen LogP contribution in [0, 0.1) is 0 Å². The predicted octanol–water partition coefficient (Wildman–Crippen LogP) is 5.48. The molecule has 1 aromatic heterocycles. The molecule has 4 rings (SSSR count). The van der Waals surface area contributed by atoms with Crippen LogP contribution in [-0.4, -0.2) is 29.6 Å². The third kappa shape index (κ3) is 4.35. The Balaban J connectivity index is 1.70. The van der Waals surface area contributed by atoms with E-state index in [1.165, 1.54) is 11.3 Å². The van der Waals surface area contributed by atoms with Crippen LogP contribution in [0.1, 0.15) is 10.4 Å². The first-order chi connectivity index (χ1) is 14.7. The minimum atomic E-state index is -0.231. The molecule has 4 nitrogen and oxygen atoms in total. The molecule has 3 aromatic carbocycles. The molecule has 0 radical (unpaired) electrons. The highest BCUT2D eigenvalue weighted by Crippen LogP contribution is 2.24. The fourth-order valence-electron chi connectivity index (χ4n) is 3.25. The van der Waals surface area contributed by atoms with Crippen molar-refractivity contribution in [3.63, 3.8) is 0 Å². The largest absolute Gasteiger partial charge is 0.497 e.